The highest BCUT2D eigenvalue weighted by atomic mass is 16.5. The Morgan fingerprint density at radius 2 is 1.77 bits per heavy atom. The predicted molar refractivity (Wildman–Crippen MR) is 58.1 cm³/mol. The number of ether oxygens (including phenoxy) is 1. The third-order valence-corrected chi connectivity index (χ3v) is 2.37. The first-order valence-corrected chi connectivity index (χ1v) is 5.63. The third kappa shape index (κ3) is 6.05. The topological polar surface area (TPSA) is 12.5 Å². The fraction of sp³-hybridized carbons (Fsp3) is 1.00. The van der Waals surface area contributed by atoms with E-state index in [1.807, 2.05) is 13.8 Å². The lowest BCUT2D eigenvalue weighted by atomic mass is 10.1. The van der Waals surface area contributed by atoms with E-state index >= 15 is 0 Å². The molecule has 0 saturated carbocycles. The molecule has 1 saturated heterocycles. The maximum atomic E-state index is 5.27. The summed E-state index contributed by atoms with van der Waals surface area (Å²) >= 11 is 0. The molecule has 80 valence electrons. The molecule has 1 heterocycles. The summed E-state index contributed by atoms with van der Waals surface area (Å²) < 4.78 is 5.27. The number of nitrogens with zero attached hydrogens (tertiary/aromatic N) is 1. The minimum atomic E-state index is 0.841. The van der Waals surface area contributed by atoms with Gasteiger partial charge < -0.3 is 4.74 Å². The van der Waals surface area contributed by atoms with Crippen LogP contribution in [-0.2, 0) is 4.74 Å². The van der Waals surface area contributed by atoms with E-state index < -0.39 is 0 Å². The molecule has 1 aliphatic rings. The van der Waals surface area contributed by atoms with Crippen molar-refractivity contribution in [1.82, 2.24) is 4.90 Å². The monoisotopic (exact) mass is 187 g/mol. The van der Waals surface area contributed by atoms with Gasteiger partial charge in [-0.05, 0) is 5.92 Å². The molecule has 0 aliphatic carbocycles. The van der Waals surface area contributed by atoms with E-state index in [0.717, 1.165) is 32.2 Å². The van der Waals surface area contributed by atoms with Gasteiger partial charge in [-0.2, -0.15) is 0 Å². The van der Waals surface area contributed by atoms with E-state index in [9.17, 15) is 0 Å². The van der Waals surface area contributed by atoms with E-state index in [2.05, 4.69) is 18.7 Å². The van der Waals surface area contributed by atoms with Gasteiger partial charge in [0.2, 0.25) is 0 Å². The van der Waals surface area contributed by atoms with E-state index in [-0.39, 0.29) is 0 Å². The molecule has 0 amide bonds. The normalized spacial score (nSPS) is 20.3. The van der Waals surface area contributed by atoms with Crippen molar-refractivity contribution < 1.29 is 4.74 Å². The van der Waals surface area contributed by atoms with Gasteiger partial charge in [0, 0.05) is 19.6 Å². The number of hydrogen-bond donors (Lipinski definition) is 0. The standard InChI is InChI=1S/C9H19NO.C2H6/c1-3-9(2)8-10-4-6-11-7-5-10;1-2/h9H,3-8H2,1-2H3;1-2H3. The van der Waals surface area contributed by atoms with Crippen molar-refractivity contribution in [2.75, 3.05) is 32.8 Å². The quantitative estimate of drug-likeness (QED) is 0.672. The second kappa shape index (κ2) is 8.52. The maximum Gasteiger partial charge on any atom is 0.0594 e. The van der Waals surface area contributed by atoms with Crippen LogP contribution in [-0.4, -0.2) is 37.7 Å². The summed E-state index contributed by atoms with van der Waals surface area (Å²) in [5.74, 6) is 0.841. The minimum Gasteiger partial charge on any atom is -0.379 e. The molecular weight excluding hydrogens is 162 g/mol. The van der Waals surface area contributed by atoms with Crippen LogP contribution in [0.3, 0.4) is 0 Å². The van der Waals surface area contributed by atoms with Crippen LogP contribution in [0.5, 0.6) is 0 Å². The van der Waals surface area contributed by atoms with Gasteiger partial charge in [-0.3, -0.25) is 4.90 Å². The van der Waals surface area contributed by atoms with Crippen LogP contribution >= 0.6 is 0 Å². The van der Waals surface area contributed by atoms with Crippen LogP contribution in [0.15, 0.2) is 0 Å². The Morgan fingerprint density at radius 1 is 1.23 bits per heavy atom. The Hall–Kier alpha value is -0.0800. The predicted octanol–water partition coefficient (Wildman–Crippen LogP) is 2.39. The second-order valence-electron chi connectivity index (χ2n) is 3.43. The van der Waals surface area contributed by atoms with Gasteiger partial charge in [0.15, 0.2) is 0 Å². The summed E-state index contributed by atoms with van der Waals surface area (Å²) in [6.07, 6.45) is 1.29. The highest BCUT2D eigenvalue weighted by molar-refractivity contribution is 4.64. The molecular formula is C11H25NO. The van der Waals surface area contributed by atoms with Gasteiger partial charge in [0.25, 0.3) is 0 Å². The summed E-state index contributed by atoms with van der Waals surface area (Å²) in [7, 11) is 0. The van der Waals surface area contributed by atoms with E-state index in [1.165, 1.54) is 13.0 Å². The lowest BCUT2D eigenvalue weighted by Crippen LogP contribution is -2.38. The van der Waals surface area contributed by atoms with Gasteiger partial charge >= 0.3 is 0 Å². The summed E-state index contributed by atoms with van der Waals surface area (Å²) in [4.78, 5) is 2.50. The van der Waals surface area contributed by atoms with Crippen molar-refractivity contribution in [3.63, 3.8) is 0 Å². The average molecular weight is 187 g/mol. The zero-order valence-electron chi connectivity index (χ0n) is 9.68. The Morgan fingerprint density at radius 3 is 2.23 bits per heavy atom. The Bertz CT molecular complexity index is 100. The van der Waals surface area contributed by atoms with Gasteiger partial charge in [-0.1, -0.05) is 34.1 Å². The zero-order chi connectivity index (χ0) is 10.1. The molecule has 13 heavy (non-hydrogen) atoms. The molecule has 1 atom stereocenters. The number of hydrogen-bond acceptors (Lipinski definition) is 2. The van der Waals surface area contributed by atoms with Crippen molar-refractivity contribution in [3.8, 4) is 0 Å². The van der Waals surface area contributed by atoms with Crippen LogP contribution < -0.4 is 0 Å². The first-order valence-electron chi connectivity index (χ1n) is 5.63. The fourth-order valence-corrected chi connectivity index (χ4v) is 1.35. The molecule has 0 aromatic rings. The van der Waals surface area contributed by atoms with Crippen molar-refractivity contribution in [1.29, 1.82) is 0 Å². The van der Waals surface area contributed by atoms with Crippen LogP contribution in [0.2, 0.25) is 0 Å². The van der Waals surface area contributed by atoms with Crippen molar-refractivity contribution >= 4 is 0 Å². The molecule has 2 nitrogen and oxygen atoms in total. The molecule has 0 N–H and O–H groups in total. The lowest BCUT2D eigenvalue weighted by Gasteiger charge is -2.28. The fourth-order valence-electron chi connectivity index (χ4n) is 1.35. The van der Waals surface area contributed by atoms with E-state index in [4.69, 9.17) is 4.74 Å². The Kier molecular flexibility index (Phi) is 8.46. The molecule has 0 radical (unpaired) electrons. The summed E-state index contributed by atoms with van der Waals surface area (Å²) in [5, 5.41) is 0. The van der Waals surface area contributed by atoms with Crippen LogP contribution in [0, 0.1) is 5.92 Å². The molecule has 1 unspecified atom stereocenters. The lowest BCUT2D eigenvalue weighted by molar-refractivity contribution is 0.0316. The number of rotatable bonds is 3. The highest BCUT2D eigenvalue weighted by Gasteiger charge is 2.11. The summed E-state index contributed by atoms with van der Waals surface area (Å²) in [6.45, 7) is 13.9. The van der Waals surface area contributed by atoms with E-state index in [0.29, 0.717) is 0 Å². The smallest absolute Gasteiger partial charge is 0.0594 e. The SMILES string of the molecule is CC.CCC(C)CN1CCOCC1. The molecule has 0 aromatic carbocycles. The Labute approximate surface area is 83.3 Å². The van der Waals surface area contributed by atoms with E-state index in [1.54, 1.807) is 0 Å². The molecule has 1 aliphatic heterocycles. The zero-order valence-corrected chi connectivity index (χ0v) is 9.68. The molecule has 0 spiro atoms. The van der Waals surface area contributed by atoms with Gasteiger partial charge in [-0.25, -0.2) is 0 Å². The second-order valence-corrected chi connectivity index (χ2v) is 3.43. The van der Waals surface area contributed by atoms with Gasteiger partial charge in [-0.15, -0.1) is 0 Å². The van der Waals surface area contributed by atoms with Crippen LogP contribution in [0.1, 0.15) is 34.1 Å². The molecule has 0 aromatic heterocycles. The molecule has 1 rings (SSSR count). The van der Waals surface area contributed by atoms with Crippen molar-refractivity contribution in [2.45, 2.75) is 34.1 Å². The first kappa shape index (κ1) is 12.9. The number of morpholine rings is 1. The van der Waals surface area contributed by atoms with Gasteiger partial charge in [0.1, 0.15) is 0 Å². The van der Waals surface area contributed by atoms with Crippen LogP contribution in [0.4, 0.5) is 0 Å². The highest BCUT2D eigenvalue weighted by Crippen LogP contribution is 2.05. The summed E-state index contributed by atoms with van der Waals surface area (Å²) in [5.41, 5.74) is 0. The van der Waals surface area contributed by atoms with Crippen molar-refractivity contribution in [3.05, 3.63) is 0 Å². The molecule has 2 heteroatoms. The molecule has 0 bridgehead atoms. The van der Waals surface area contributed by atoms with Crippen LogP contribution in [0.25, 0.3) is 0 Å². The summed E-state index contributed by atoms with van der Waals surface area (Å²) in [6, 6.07) is 0. The largest absolute Gasteiger partial charge is 0.379 e. The van der Waals surface area contributed by atoms with Crippen molar-refractivity contribution in [2.24, 2.45) is 5.92 Å². The minimum absolute atomic E-state index is 0.841. The first-order chi connectivity index (χ1) is 6.33. The molecule has 1 fully saturated rings. The maximum absolute atomic E-state index is 5.27. The van der Waals surface area contributed by atoms with Gasteiger partial charge in [0.05, 0.1) is 13.2 Å². The third-order valence-electron chi connectivity index (χ3n) is 2.37. The Balaban J connectivity index is 0.000000671. The average Bonchev–Trinajstić information content (AvgIpc) is 2.22.